The van der Waals surface area contributed by atoms with E-state index in [1.165, 1.54) is 12.3 Å². The number of carbonyl (C=O) groups excluding carboxylic acids is 1. The van der Waals surface area contributed by atoms with E-state index in [4.69, 9.17) is 20.5 Å². The van der Waals surface area contributed by atoms with Crippen LogP contribution >= 0.6 is 11.6 Å². The third-order valence-corrected chi connectivity index (χ3v) is 1.83. The van der Waals surface area contributed by atoms with Gasteiger partial charge in [-0.1, -0.05) is 11.6 Å². The monoisotopic (exact) mass is 245 g/mol. The second kappa shape index (κ2) is 4.70. The minimum Gasteiger partial charge on any atom is -0.444 e. The molecule has 88 valence electrons. The number of hydrogen-bond donors (Lipinski definition) is 1. The summed E-state index contributed by atoms with van der Waals surface area (Å²) in [4.78, 5) is 15.3. The Bertz CT molecular complexity index is 484. The summed E-state index contributed by atoms with van der Waals surface area (Å²) in [5.74, 6) is 0. The second-order valence-corrected chi connectivity index (χ2v) is 4.51. The van der Waals surface area contributed by atoms with Crippen LogP contribution in [0.5, 0.6) is 0 Å². The molecule has 0 radical (unpaired) electrons. The number of anilines is 1. The van der Waals surface area contributed by atoms with Crippen LogP contribution in [0, 0.1) is 6.85 Å². The fourth-order valence-electron chi connectivity index (χ4n) is 0.954. The van der Waals surface area contributed by atoms with E-state index in [1.54, 1.807) is 20.8 Å². The predicted molar refractivity (Wildman–Crippen MR) is 63.8 cm³/mol. The third-order valence-electron chi connectivity index (χ3n) is 1.54. The molecule has 0 aliphatic rings. The molecule has 0 unspecified atom stereocenters. The molecule has 1 aromatic heterocycles. The lowest BCUT2D eigenvalue weighted by Crippen LogP contribution is -2.27. The summed E-state index contributed by atoms with van der Waals surface area (Å²) in [5, 5.41) is 2.20. The third kappa shape index (κ3) is 3.70. The van der Waals surface area contributed by atoms with Crippen molar-refractivity contribution in [3.05, 3.63) is 23.0 Å². The van der Waals surface area contributed by atoms with Crippen molar-refractivity contribution < 1.29 is 13.6 Å². The van der Waals surface area contributed by atoms with Gasteiger partial charge in [0.05, 0.1) is 5.69 Å². The molecule has 1 rings (SSSR count). The summed E-state index contributed by atoms with van der Waals surface area (Å²) in [5.41, 5.74) is -0.821. The first-order chi connectivity index (χ1) is 8.50. The van der Waals surface area contributed by atoms with Gasteiger partial charge < -0.3 is 4.74 Å². The van der Waals surface area contributed by atoms with Gasteiger partial charge in [0, 0.05) is 15.9 Å². The molecular weight excluding hydrogens is 228 g/mol. The van der Waals surface area contributed by atoms with E-state index in [-0.39, 0.29) is 16.4 Å². The zero-order chi connectivity index (χ0) is 14.8. The highest BCUT2D eigenvalue weighted by molar-refractivity contribution is 6.30. The highest BCUT2D eigenvalue weighted by Crippen LogP contribution is 2.21. The highest BCUT2D eigenvalue weighted by Gasteiger charge is 2.17. The standard InChI is InChI=1S/C11H15ClN2O2/c1-7-8(5-6-13-9(7)12)14-10(15)16-11(2,3)4/h5-6H,1-4H3,(H,13,14,15)/i1D3. The average molecular weight is 246 g/mol. The number of ether oxygens (including phenoxy) is 1. The summed E-state index contributed by atoms with van der Waals surface area (Å²) in [6.45, 7) is 2.64. The van der Waals surface area contributed by atoms with E-state index in [0.717, 1.165) is 0 Å². The Balaban J connectivity index is 3.03. The molecule has 0 aromatic carbocycles. The van der Waals surface area contributed by atoms with Gasteiger partial charge in [0.15, 0.2) is 0 Å². The van der Waals surface area contributed by atoms with E-state index < -0.39 is 18.5 Å². The number of pyridine rings is 1. The van der Waals surface area contributed by atoms with E-state index >= 15 is 0 Å². The van der Waals surface area contributed by atoms with Crippen LogP contribution in [-0.2, 0) is 4.74 Å². The Labute approximate surface area is 104 Å². The van der Waals surface area contributed by atoms with E-state index in [0.29, 0.717) is 0 Å². The Kier molecular flexibility index (Phi) is 2.59. The Morgan fingerprint density at radius 2 is 2.31 bits per heavy atom. The summed E-state index contributed by atoms with van der Waals surface area (Å²) in [6.07, 6.45) is 0.560. The van der Waals surface area contributed by atoms with Crippen LogP contribution < -0.4 is 5.32 Å². The molecule has 0 aliphatic carbocycles. The quantitative estimate of drug-likeness (QED) is 0.772. The lowest BCUT2D eigenvalue weighted by molar-refractivity contribution is 0.0636. The molecule has 4 nitrogen and oxygen atoms in total. The molecule has 0 saturated heterocycles. The first kappa shape index (κ1) is 8.82. The van der Waals surface area contributed by atoms with Crippen LogP contribution in [0.3, 0.4) is 0 Å². The number of nitrogens with one attached hydrogen (secondary N) is 1. The maximum absolute atomic E-state index is 11.6. The van der Waals surface area contributed by atoms with Crippen molar-refractivity contribution >= 4 is 23.4 Å². The van der Waals surface area contributed by atoms with Crippen molar-refractivity contribution in [3.63, 3.8) is 0 Å². The Morgan fingerprint density at radius 1 is 1.62 bits per heavy atom. The van der Waals surface area contributed by atoms with Crippen molar-refractivity contribution in [2.75, 3.05) is 5.32 Å². The Hall–Kier alpha value is -1.29. The zero-order valence-electron chi connectivity index (χ0n) is 12.3. The van der Waals surface area contributed by atoms with Gasteiger partial charge in [0.1, 0.15) is 10.8 Å². The number of amides is 1. The average Bonchev–Trinajstić information content (AvgIpc) is 2.11. The molecular formula is C11H15ClN2O2. The molecule has 0 bridgehead atoms. The zero-order valence-corrected chi connectivity index (χ0v) is 10.1. The first-order valence-electron chi connectivity index (χ1n) is 6.16. The molecule has 16 heavy (non-hydrogen) atoms. The molecule has 1 heterocycles. The van der Waals surface area contributed by atoms with Crippen LogP contribution in [-0.4, -0.2) is 16.7 Å². The molecule has 0 aliphatic heterocycles. The normalized spacial score (nSPS) is 14.6. The smallest absolute Gasteiger partial charge is 0.412 e. The summed E-state index contributed by atoms with van der Waals surface area (Å²) >= 11 is 5.77. The fraction of sp³-hybridized carbons (Fsp3) is 0.455. The van der Waals surface area contributed by atoms with Gasteiger partial charge in [-0.15, -0.1) is 0 Å². The summed E-state index contributed by atoms with van der Waals surface area (Å²) < 4.78 is 27.2. The highest BCUT2D eigenvalue weighted by atomic mass is 35.5. The molecule has 0 fully saturated rings. The van der Waals surface area contributed by atoms with Gasteiger partial charge >= 0.3 is 6.09 Å². The molecule has 5 heteroatoms. The largest absolute Gasteiger partial charge is 0.444 e. The van der Waals surface area contributed by atoms with Crippen molar-refractivity contribution in [1.29, 1.82) is 0 Å². The summed E-state index contributed by atoms with van der Waals surface area (Å²) in [7, 11) is 0. The van der Waals surface area contributed by atoms with Crippen molar-refractivity contribution in [2.24, 2.45) is 0 Å². The predicted octanol–water partition coefficient (Wildman–Crippen LogP) is 3.39. The maximum atomic E-state index is 11.6. The number of carbonyl (C=O) groups is 1. The van der Waals surface area contributed by atoms with Gasteiger partial charge in [-0.2, -0.15) is 0 Å². The number of hydrogen-bond acceptors (Lipinski definition) is 3. The molecule has 0 atom stereocenters. The van der Waals surface area contributed by atoms with Crippen molar-refractivity contribution in [2.45, 2.75) is 33.2 Å². The van der Waals surface area contributed by atoms with Crippen LogP contribution in [0.15, 0.2) is 12.3 Å². The second-order valence-electron chi connectivity index (χ2n) is 4.15. The molecule has 0 saturated carbocycles. The molecule has 0 spiro atoms. The van der Waals surface area contributed by atoms with Gasteiger partial charge in [-0.3, -0.25) is 5.32 Å². The number of nitrogens with zero attached hydrogens (tertiary/aromatic N) is 1. The summed E-state index contributed by atoms with van der Waals surface area (Å²) in [6, 6.07) is 1.36. The van der Waals surface area contributed by atoms with E-state index in [9.17, 15) is 4.79 Å². The topological polar surface area (TPSA) is 51.2 Å². The number of halogens is 1. The van der Waals surface area contributed by atoms with Crippen LogP contribution in [0.25, 0.3) is 0 Å². The van der Waals surface area contributed by atoms with E-state index in [1.807, 2.05) is 0 Å². The first-order valence-corrected chi connectivity index (χ1v) is 5.03. The number of rotatable bonds is 1. The van der Waals surface area contributed by atoms with Crippen LogP contribution in [0.1, 0.15) is 30.4 Å². The number of aromatic nitrogens is 1. The molecule has 1 N–H and O–H groups in total. The van der Waals surface area contributed by atoms with E-state index in [2.05, 4.69) is 10.3 Å². The SMILES string of the molecule is [2H]C([2H])([2H])c1c(NC(=O)OC(C)(C)C)ccnc1Cl. The van der Waals surface area contributed by atoms with Crippen LogP contribution in [0.4, 0.5) is 10.5 Å². The van der Waals surface area contributed by atoms with Gasteiger partial charge in [0.2, 0.25) is 0 Å². The minimum atomic E-state index is -2.48. The Morgan fingerprint density at radius 3 is 2.88 bits per heavy atom. The maximum Gasteiger partial charge on any atom is 0.412 e. The van der Waals surface area contributed by atoms with Crippen molar-refractivity contribution in [1.82, 2.24) is 4.98 Å². The lowest BCUT2D eigenvalue weighted by Gasteiger charge is -2.20. The molecule has 1 amide bonds. The van der Waals surface area contributed by atoms with Gasteiger partial charge in [-0.25, -0.2) is 9.78 Å². The fourth-order valence-corrected chi connectivity index (χ4v) is 1.11. The van der Waals surface area contributed by atoms with Crippen molar-refractivity contribution in [3.8, 4) is 0 Å². The lowest BCUT2D eigenvalue weighted by atomic mass is 10.2. The van der Waals surface area contributed by atoms with Crippen LogP contribution in [0.2, 0.25) is 5.15 Å². The van der Waals surface area contributed by atoms with Gasteiger partial charge in [0.25, 0.3) is 0 Å². The van der Waals surface area contributed by atoms with Gasteiger partial charge in [-0.05, 0) is 33.7 Å². The minimum absolute atomic E-state index is 0.0641. The molecule has 1 aromatic rings.